The summed E-state index contributed by atoms with van der Waals surface area (Å²) in [7, 11) is -4.14. The third-order valence-electron chi connectivity index (χ3n) is 6.73. The van der Waals surface area contributed by atoms with Gasteiger partial charge >= 0.3 is 5.97 Å². The van der Waals surface area contributed by atoms with E-state index in [0.717, 1.165) is 0 Å². The van der Waals surface area contributed by atoms with E-state index in [1.54, 1.807) is 30.3 Å². The van der Waals surface area contributed by atoms with Gasteiger partial charge in [-0.15, -0.1) is 0 Å². The maximum atomic E-state index is 14.3. The fourth-order valence-electron chi connectivity index (χ4n) is 4.81. The highest BCUT2D eigenvalue weighted by Gasteiger charge is 2.34. The topological polar surface area (TPSA) is 96.9 Å². The van der Waals surface area contributed by atoms with E-state index in [1.807, 2.05) is 28.5 Å². The Hall–Kier alpha value is -4.17. The van der Waals surface area contributed by atoms with E-state index >= 15 is 0 Å². The van der Waals surface area contributed by atoms with Gasteiger partial charge in [-0.3, -0.25) is 4.79 Å². The van der Waals surface area contributed by atoms with Crippen LogP contribution in [0.15, 0.2) is 83.1 Å². The van der Waals surface area contributed by atoms with Gasteiger partial charge in [0.2, 0.25) is 5.00 Å². The molecular formula is C28H19ClN4O4S2. The van der Waals surface area contributed by atoms with Crippen molar-refractivity contribution in [1.29, 1.82) is 0 Å². The van der Waals surface area contributed by atoms with Crippen molar-refractivity contribution in [1.82, 2.24) is 8.96 Å². The summed E-state index contributed by atoms with van der Waals surface area (Å²) in [4.78, 5) is 21.8. The molecule has 0 atom stereocenters. The number of carboxylic acids is 1. The molecule has 2 aromatic carbocycles. The lowest BCUT2D eigenvalue weighted by Crippen LogP contribution is -2.50. The number of hydrogen-bond donors (Lipinski definition) is 1. The average Bonchev–Trinajstić information content (AvgIpc) is 3.50. The first kappa shape index (κ1) is 25.1. The van der Waals surface area contributed by atoms with Crippen LogP contribution in [-0.4, -0.2) is 41.5 Å². The summed E-state index contributed by atoms with van der Waals surface area (Å²) in [5.74, 6) is -0.787. The van der Waals surface area contributed by atoms with Gasteiger partial charge < -0.3 is 10.0 Å². The Kier molecular flexibility index (Phi) is 6.14. The zero-order valence-electron chi connectivity index (χ0n) is 20.2. The Labute approximate surface area is 233 Å². The van der Waals surface area contributed by atoms with Crippen LogP contribution < -0.4 is 4.90 Å². The third kappa shape index (κ3) is 4.15. The van der Waals surface area contributed by atoms with Crippen molar-refractivity contribution in [2.75, 3.05) is 18.0 Å². The molecule has 8 nitrogen and oxygen atoms in total. The molecule has 0 unspecified atom stereocenters. The second-order valence-electron chi connectivity index (χ2n) is 9.04. The minimum atomic E-state index is -4.14. The molecule has 194 valence electrons. The summed E-state index contributed by atoms with van der Waals surface area (Å²) >= 11 is 7.33. The standard InChI is InChI=1S/C28H19ClN4O4S2/c1-30-27-21(13-14-38-27)25-20-5-2-3-7-23(20)33(39(36,37)19-11-9-18(29)10-12-19)26(25)22-6-4-8-24(31-22)32-15-17(16-32)28(34)35/h2-14,17H,15-16H2,(H,34,35). The second kappa shape index (κ2) is 9.54. The van der Waals surface area contributed by atoms with Gasteiger partial charge in [0.1, 0.15) is 5.82 Å². The highest BCUT2D eigenvalue weighted by Crippen LogP contribution is 2.47. The van der Waals surface area contributed by atoms with E-state index in [-0.39, 0.29) is 4.90 Å². The molecule has 1 saturated heterocycles. The summed E-state index contributed by atoms with van der Waals surface area (Å²) in [6.07, 6.45) is 0. The van der Waals surface area contributed by atoms with E-state index in [2.05, 4.69) is 4.85 Å². The van der Waals surface area contributed by atoms with E-state index < -0.39 is 21.9 Å². The van der Waals surface area contributed by atoms with E-state index in [0.29, 0.717) is 62.3 Å². The molecule has 0 spiro atoms. The largest absolute Gasteiger partial charge is 0.481 e. The number of carbonyl (C=O) groups is 1. The Balaban J connectivity index is 1.65. The van der Waals surface area contributed by atoms with Gasteiger partial charge in [0.15, 0.2) is 0 Å². The van der Waals surface area contributed by atoms with Gasteiger partial charge in [-0.25, -0.2) is 22.2 Å². The average molecular weight is 575 g/mol. The first-order chi connectivity index (χ1) is 18.8. The molecule has 0 bridgehead atoms. The van der Waals surface area contributed by atoms with Crippen molar-refractivity contribution in [2.45, 2.75) is 4.90 Å². The van der Waals surface area contributed by atoms with Crippen molar-refractivity contribution in [3.05, 3.63) is 94.6 Å². The van der Waals surface area contributed by atoms with Gasteiger partial charge in [0, 0.05) is 34.6 Å². The molecule has 0 amide bonds. The number of anilines is 1. The van der Waals surface area contributed by atoms with E-state index in [4.69, 9.17) is 23.2 Å². The van der Waals surface area contributed by atoms with Crippen molar-refractivity contribution in [3.8, 4) is 22.5 Å². The van der Waals surface area contributed by atoms with Crippen LogP contribution in [0.25, 0.3) is 38.3 Å². The lowest BCUT2D eigenvalue weighted by molar-refractivity contribution is -0.142. The molecule has 39 heavy (non-hydrogen) atoms. The smallest absolute Gasteiger partial charge is 0.310 e. The highest BCUT2D eigenvalue weighted by molar-refractivity contribution is 7.90. The monoisotopic (exact) mass is 574 g/mol. The zero-order valence-corrected chi connectivity index (χ0v) is 22.5. The van der Waals surface area contributed by atoms with Crippen LogP contribution in [0.3, 0.4) is 0 Å². The Morgan fingerprint density at radius 3 is 2.51 bits per heavy atom. The number of rotatable bonds is 6. The lowest BCUT2D eigenvalue weighted by atomic mass is 10.0. The molecule has 1 aliphatic heterocycles. The first-order valence-corrected chi connectivity index (χ1v) is 14.5. The Morgan fingerprint density at radius 1 is 1.05 bits per heavy atom. The number of halogens is 1. The molecule has 1 fully saturated rings. The van der Waals surface area contributed by atoms with Crippen LogP contribution in [0.2, 0.25) is 5.02 Å². The Bertz CT molecular complexity index is 1900. The molecule has 5 aromatic rings. The maximum Gasteiger partial charge on any atom is 0.310 e. The van der Waals surface area contributed by atoms with Crippen molar-refractivity contribution < 1.29 is 18.3 Å². The summed E-state index contributed by atoms with van der Waals surface area (Å²) in [5.41, 5.74) is 2.37. The predicted octanol–water partition coefficient (Wildman–Crippen LogP) is 6.39. The summed E-state index contributed by atoms with van der Waals surface area (Å²) in [6.45, 7) is 8.36. The number of carboxylic acid groups (broad SMARTS) is 1. The lowest BCUT2D eigenvalue weighted by Gasteiger charge is -2.37. The molecule has 3 aromatic heterocycles. The number of hydrogen-bond acceptors (Lipinski definition) is 6. The molecule has 1 N–H and O–H groups in total. The molecular weight excluding hydrogens is 556 g/mol. The number of aliphatic carboxylic acids is 1. The molecule has 0 aliphatic carbocycles. The maximum absolute atomic E-state index is 14.3. The van der Waals surface area contributed by atoms with Crippen LogP contribution in [0.1, 0.15) is 0 Å². The quantitative estimate of drug-likeness (QED) is 0.236. The number of nitrogens with zero attached hydrogens (tertiary/aromatic N) is 4. The molecule has 0 saturated carbocycles. The van der Waals surface area contributed by atoms with Crippen molar-refractivity contribution in [3.63, 3.8) is 0 Å². The van der Waals surface area contributed by atoms with E-state index in [1.165, 1.54) is 39.6 Å². The van der Waals surface area contributed by atoms with E-state index in [9.17, 15) is 18.3 Å². The van der Waals surface area contributed by atoms with Crippen LogP contribution in [-0.2, 0) is 14.8 Å². The Morgan fingerprint density at radius 2 is 1.79 bits per heavy atom. The highest BCUT2D eigenvalue weighted by atomic mass is 35.5. The molecule has 6 rings (SSSR count). The van der Waals surface area contributed by atoms with Crippen molar-refractivity contribution in [2.24, 2.45) is 5.92 Å². The molecule has 11 heteroatoms. The summed E-state index contributed by atoms with van der Waals surface area (Å²) in [6, 6.07) is 20.2. The van der Waals surface area contributed by atoms with Crippen LogP contribution >= 0.6 is 22.9 Å². The fraction of sp³-hybridized carbons (Fsp3) is 0.107. The van der Waals surface area contributed by atoms with Gasteiger partial charge in [-0.1, -0.05) is 41.9 Å². The zero-order chi connectivity index (χ0) is 27.3. The fourth-order valence-corrected chi connectivity index (χ4v) is 7.15. The summed E-state index contributed by atoms with van der Waals surface area (Å²) in [5, 5.41) is 12.6. The number of pyridine rings is 1. The molecule has 0 radical (unpaired) electrons. The van der Waals surface area contributed by atoms with Crippen LogP contribution in [0.5, 0.6) is 0 Å². The van der Waals surface area contributed by atoms with Gasteiger partial charge in [-0.2, -0.15) is 11.3 Å². The normalized spacial score (nSPS) is 13.8. The number of aromatic nitrogens is 2. The number of benzene rings is 2. The van der Waals surface area contributed by atoms with Crippen LogP contribution in [0, 0.1) is 12.5 Å². The number of thiophene rings is 1. The predicted molar refractivity (Wildman–Crippen MR) is 152 cm³/mol. The first-order valence-electron chi connectivity index (χ1n) is 11.8. The van der Waals surface area contributed by atoms with Crippen molar-refractivity contribution >= 4 is 60.7 Å². The number of fused-ring (bicyclic) bond motifs is 1. The van der Waals surface area contributed by atoms with Gasteiger partial charge in [0.25, 0.3) is 10.0 Å². The molecule has 4 heterocycles. The number of para-hydroxylation sites is 1. The second-order valence-corrected chi connectivity index (χ2v) is 12.2. The van der Waals surface area contributed by atoms with Crippen LogP contribution in [0.4, 0.5) is 10.8 Å². The SMILES string of the molecule is [C-]#[N+]c1sccc1-c1c(-c2cccc(N3CC(C(=O)O)C3)n2)n(S(=O)(=O)c2ccc(Cl)cc2)c2ccccc12. The third-order valence-corrected chi connectivity index (χ3v) is 9.52. The minimum absolute atomic E-state index is 0.0550. The van der Waals surface area contributed by atoms with Gasteiger partial charge in [0.05, 0.1) is 34.3 Å². The molecule has 1 aliphatic rings. The van der Waals surface area contributed by atoms with Gasteiger partial charge in [-0.05, 0) is 47.8 Å². The summed E-state index contributed by atoms with van der Waals surface area (Å²) < 4.78 is 29.8. The minimum Gasteiger partial charge on any atom is -0.481 e.